The van der Waals surface area contributed by atoms with Crippen molar-refractivity contribution in [3.8, 4) is 17.4 Å². The van der Waals surface area contributed by atoms with E-state index < -0.39 is 0 Å². The number of hydrogen-bond acceptors (Lipinski definition) is 6. The number of aromatic nitrogens is 4. The average Bonchev–Trinajstić information content (AvgIpc) is 3.37. The number of urea groups is 1. The van der Waals surface area contributed by atoms with Gasteiger partial charge in [-0.15, -0.1) is 0 Å². The lowest BCUT2D eigenvalue weighted by molar-refractivity contribution is 0.174. The number of carbonyl (C=O) groups is 1. The van der Waals surface area contributed by atoms with E-state index in [1.54, 1.807) is 23.3 Å². The Kier molecular flexibility index (Phi) is 5.05. The van der Waals surface area contributed by atoms with Crippen molar-refractivity contribution in [2.75, 3.05) is 13.3 Å². The van der Waals surface area contributed by atoms with Crippen LogP contribution in [0.15, 0.2) is 43.0 Å². The molecule has 1 aromatic carbocycles. The number of ether oxygens (including phenoxy) is 2. The van der Waals surface area contributed by atoms with Crippen LogP contribution < -0.4 is 20.1 Å². The molecule has 2 aromatic heterocycles. The predicted molar refractivity (Wildman–Crippen MR) is 100 cm³/mol. The number of rotatable bonds is 6. The average molecular weight is 380 g/mol. The Morgan fingerprint density at radius 3 is 2.93 bits per heavy atom. The molecule has 0 fully saturated rings. The molecule has 1 aliphatic heterocycles. The van der Waals surface area contributed by atoms with E-state index in [-0.39, 0.29) is 12.8 Å². The molecule has 0 saturated carbocycles. The maximum absolute atomic E-state index is 12.1. The van der Waals surface area contributed by atoms with Crippen LogP contribution in [-0.4, -0.2) is 38.9 Å². The lowest BCUT2D eigenvalue weighted by Gasteiger charge is -2.09. The molecule has 2 amide bonds. The van der Waals surface area contributed by atoms with Gasteiger partial charge in [-0.1, -0.05) is 6.07 Å². The summed E-state index contributed by atoms with van der Waals surface area (Å²) >= 11 is 0. The third-order valence-electron chi connectivity index (χ3n) is 4.20. The summed E-state index contributed by atoms with van der Waals surface area (Å²) in [6.45, 7) is 2.96. The number of amides is 2. The van der Waals surface area contributed by atoms with E-state index in [1.165, 1.54) is 0 Å². The van der Waals surface area contributed by atoms with Gasteiger partial charge in [0.15, 0.2) is 11.5 Å². The maximum Gasteiger partial charge on any atom is 0.315 e. The largest absolute Gasteiger partial charge is 0.454 e. The fourth-order valence-electron chi connectivity index (χ4n) is 2.85. The topological polar surface area (TPSA) is 103 Å². The van der Waals surface area contributed by atoms with E-state index in [0.717, 1.165) is 28.5 Å². The van der Waals surface area contributed by atoms with Gasteiger partial charge in [-0.3, -0.25) is 4.57 Å². The van der Waals surface area contributed by atoms with Crippen LogP contribution in [-0.2, 0) is 13.0 Å². The van der Waals surface area contributed by atoms with Crippen molar-refractivity contribution < 1.29 is 14.3 Å². The van der Waals surface area contributed by atoms with Gasteiger partial charge in [0.25, 0.3) is 0 Å². The van der Waals surface area contributed by atoms with Crippen molar-refractivity contribution in [3.63, 3.8) is 0 Å². The third-order valence-corrected chi connectivity index (χ3v) is 4.20. The van der Waals surface area contributed by atoms with Gasteiger partial charge in [-0.05, 0) is 37.1 Å². The molecule has 144 valence electrons. The number of hydrogen-bond donors (Lipinski definition) is 2. The van der Waals surface area contributed by atoms with Crippen molar-refractivity contribution in [1.29, 1.82) is 0 Å². The maximum atomic E-state index is 12.1. The molecule has 0 saturated heterocycles. The summed E-state index contributed by atoms with van der Waals surface area (Å²) in [5, 5.41) is 5.66. The van der Waals surface area contributed by atoms with Crippen molar-refractivity contribution in [2.24, 2.45) is 0 Å². The highest BCUT2D eigenvalue weighted by Gasteiger charge is 2.13. The van der Waals surface area contributed by atoms with Gasteiger partial charge in [0.05, 0.1) is 12.2 Å². The van der Waals surface area contributed by atoms with Crippen LogP contribution in [0.5, 0.6) is 11.5 Å². The van der Waals surface area contributed by atoms with Gasteiger partial charge in [0.1, 0.15) is 6.33 Å². The molecule has 0 unspecified atom stereocenters. The van der Waals surface area contributed by atoms with Crippen LogP contribution in [0.25, 0.3) is 5.95 Å². The first kappa shape index (κ1) is 17.8. The van der Waals surface area contributed by atoms with Crippen molar-refractivity contribution in [3.05, 3.63) is 59.9 Å². The lowest BCUT2D eigenvalue weighted by atomic mass is 10.1. The summed E-state index contributed by atoms with van der Waals surface area (Å²) < 4.78 is 12.4. The van der Waals surface area contributed by atoms with Crippen LogP contribution in [0.4, 0.5) is 4.79 Å². The Balaban J connectivity index is 1.27. The second-order valence-corrected chi connectivity index (χ2v) is 6.32. The molecule has 3 heterocycles. The number of aryl methyl sites for hydroxylation is 1. The molecule has 2 N–H and O–H groups in total. The Morgan fingerprint density at radius 2 is 2.07 bits per heavy atom. The molecule has 28 heavy (non-hydrogen) atoms. The normalized spacial score (nSPS) is 12.0. The number of nitrogens with zero attached hydrogens (tertiary/aromatic N) is 4. The standard InChI is InChI=1S/C19H20N6O3/c1-13-8-15(24-18(23-13)25-7-6-20-11-25)10-22-19(26)21-5-4-14-2-3-16-17(9-14)28-12-27-16/h2-3,6-9,11H,4-5,10,12H2,1H3,(H2,21,22,26). The van der Waals surface area contributed by atoms with Gasteiger partial charge in [0.2, 0.25) is 12.7 Å². The Bertz CT molecular complexity index is 974. The van der Waals surface area contributed by atoms with E-state index in [0.29, 0.717) is 25.5 Å². The van der Waals surface area contributed by atoms with Gasteiger partial charge in [-0.2, -0.15) is 0 Å². The predicted octanol–water partition coefficient (Wildman–Crippen LogP) is 1.74. The first-order valence-corrected chi connectivity index (χ1v) is 8.90. The van der Waals surface area contributed by atoms with E-state index in [9.17, 15) is 4.79 Å². The van der Waals surface area contributed by atoms with Crippen LogP contribution in [0, 0.1) is 6.92 Å². The molecule has 0 spiro atoms. The fraction of sp³-hybridized carbons (Fsp3) is 0.263. The van der Waals surface area contributed by atoms with Crippen LogP contribution >= 0.6 is 0 Å². The highest BCUT2D eigenvalue weighted by atomic mass is 16.7. The highest BCUT2D eigenvalue weighted by Crippen LogP contribution is 2.32. The summed E-state index contributed by atoms with van der Waals surface area (Å²) in [5.41, 5.74) is 2.61. The first-order valence-electron chi connectivity index (χ1n) is 8.90. The van der Waals surface area contributed by atoms with Crippen molar-refractivity contribution in [1.82, 2.24) is 30.2 Å². The Labute approximate surface area is 161 Å². The summed E-state index contributed by atoms with van der Waals surface area (Å²) in [5.74, 6) is 2.02. The Hall–Kier alpha value is -3.62. The highest BCUT2D eigenvalue weighted by molar-refractivity contribution is 5.73. The number of carbonyl (C=O) groups excluding carboxylic acids is 1. The van der Waals surface area contributed by atoms with Crippen LogP contribution in [0.2, 0.25) is 0 Å². The molecule has 0 aliphatic carbocycles. The summed E-state index contributed by atoms with van der Waals surface area (Å²) in [6.07, 6.45) is 5.77. The molecular weight excluding hydrogens is 360 g/mol. The van der Waals surface area contributed by atoms with Crippen LogP contribution in [0.1, 0.15) is 17.0 Å². The molecule has 9 heteroatoms. The molecule has 0 bridgehead atoms. The smallest absolute Gasteiger partial charge is 0.315 e. The minimum Gasteiger partial charge on any atom is -0.454 e. The number of fused-ring (bicyclic) bond motifs is 1. The quantitative estimate of drug-likeness (QED) is 0.675. The third kappa shape index (κ3) is 4.20. The van der Waals surface area contributed by atoms with E-state index in [1.807, 2.05) is 31.2 Å². The Morgan fingerprint density at radius 1 is 1.18 bits per heavy atom. The fourth-order valence-corrected chi connectivity index (χ4v) is 2.85. The monoisotopic (exact) mass is 380 g/mol. The van der Waals surface area contributed by atoms with Gasteiger partial charge < -0.3 is 20.1 Å². The van der Waals surface area contributed by atoms with Crippen molar-refractivity contribution in [2.45, 2.75) is 19.9 Å². The summed E-state index contributed by atoms with van der Waals surface area (Å²) in [6, 6.07) is 7.37. The number of nitrogens with one attached hydrogen (secondary N) is 2. The first-order chi connectivity index (χ1) is 13.7. The molecular formula is C19H20N6O3. The molecule has 4 rings (SSSR count). The minimum absolute atomic E-state index is 0.249. The zero-order valence-electron chi connectivity index (χ0n) is 15.4. The van der Waals surface area contributed by atoms with Gasteiger partial charge >= 0.3 is 6.03 Å². The zero-order chi connectivity index (χ0) is 19.3. The van der Waals surface area contributed by atoms with E-state index in [4.69, 9.17) is 9.47 Å². The summed E-state index contributed by atoms with van der Waals surface area (Å²) in [4.78, 5) is 24.9. The second kappa shape index (κ2) is 7.95. The molecule has 9 nitrogen and oxygen atoms in total. The van der Waals surface area contributed by atoms with E-state index >= 15 is 0 Å². The second-order valence-electron chi connectivity index (χ2n) is 6.32. The SMILES string of the molecule is Cc1cc(CNC(=O)NCCc2ccc3c(c2)OCO3)nc(-n2ccnc2)n1. The van der Waals surface area contributed by atoms with E-state index in [2.05, 4.69) is 25.6 Å². The zero-order valence-corrected chi connectivity index (χ0v) is 15.4. The molecule has 3 aromatic rings. The minimum atomic E-state index is -0.249. The molecule has 0 radical (unpaired) electrons. The number of imidazole rings is 1. The van der Waals surface area contributed by atoms with Crippen molar-refractivity contribution >= 4 is 6.03 Å². The summed E-state index contributed by atoms with van der Waals surface area (Å²) in [7, 11) is 0. The number of benzene rings is 1. The molecule has 1 aliphatic rings. The van der Waals surface area contributed by atoms with Gasteiger partial charge in [-0.25, -0.2) is 19.7 Å². The van der Waals surface area contributed by atoms with Crippen LogP contribution in [0.3, 0.4) is 0 Å². The van der Waals surface area contributed by atoms with Gasteiger partial charge in [0, 0.05) is 24.6 Å². The molecule has 0 atom stereocenters. The lowest BCUT2D eigenvalue weighted by Crippen LogP contribution is -2.36.